The van der Waals surface area contributed by atoms with Crippen LogP contribution in [-0.2, 0) is 11.8 Å². The van der Waals surface area contributed by atoms with Gasteiger partial charge in [0.25, 0.3) is 0 Å². The lowest BCUT2D eigenvalue weighted by atomic mass is 9.66. The maximum atomic E-state index is 9.61. The van der Waals surface area contributed by atoms with E-state index in [1.807, 2.05) is 12.1 Å². The van der Waals surface area contributed by atoms with Gasteiger partial charge in [0.05, 0.1) is 5.41 Å². The van der Waals surface area contributed by atoms with Gasteiger partial charge >= 0.3 is 0 Å². The first-order chi connectivity index (χ1) is 15.8. The van der Waals surface area contributed by atoms with Gasteiger partial charge in [-0.05, 0) is 51.4 Å². The number of thiophene rings is 1. The molecule has 0 unspecified atom stereocenters. The summed E-state index contributed by atoms with van der Waals surface area (Å²) in [5.41, 5.74) is 5.85. The van der Waals surface area contributed by atoms with E-state index in [-0.39, 0.29) is 0 Å². The zero-order chi connectivity index (χ0) is 21.8. The topological polar surface area (TPSA) is 20.2 Å². The van der Waals surface area contributed by atoms with E-state index in [0.717, 1.165) is 6.42 Å². The second kappa shape index (κ2) is 8.86. The fourth-order valence-electron chi connectivity index (χ4n) is 4.55. The van der Waals surface area contributed by atoms with Crippen molar-refractivity contribution in [1.29, 1.82) is 0 Å². The third-order valence-electron chi connectivity index (χ3n) is 6.02. The first kappa shape index (κ1) is 20.3. The molecule has 0 saturated carbocycles. The highest BCUT2D eigenvalue weighted by Crippen LogP contribution is 2.46. The van der Waals surface area contributed by atoms with E-state index < -0.39 is 5.41 Å². The molecule has 0 atom stereocenters. The van der Waals surface area contributed by atoms with Crippen molar-refractivity contribution in [2.24, 2.45) is 0 Å². The monoisotopic (exact) mass is 432 g/mol. The summed E-state index contributed by atoms with van der Waals surface area (Å²) in [5, 5.41) is 11.9. The molecule has 4 aromatic carbocycles. The van der Waals surface area contributed by atoms with E-state index in [9.17, 15) is 5.11 Å². The van der Waals surface area contributed by atoms with E-state index in [4.69, 9.17) is 0 Å². The Balaban J connectivity index is 1.70. The van der Waals surface area contributed by atoms with E-state index in [1.54, 1.807) is 23.5 Å². The van der Waals surface area contributed by atoms with Crippen molar-refractivity contribution in [1.82, 2.24) is 0 Å². The summed E-state index contributed by atoms with van der Waals surface area (Å²) in [5.74, 6) is 0.303. The SMILES string of the molecule is Oc1ccc(Cc2cc(C(c3ccccc3)(c3ccccc3)c3ccccc3)cs2)cc1. The maximum Gasteiger partial charge on any atom is 0.115 e. The predicted octanol–water partition coefficient (Wildman–Crippen LogP) is 7.43. The van der Waals surface area contributed by atoms with Gasteiger partial charge in [0.2, 0.25) is 0 Å². The minimum absolute atomic E-state index is 0.303. The van der Waals surface area contributed by atoms with E-state index in [0.29, 0.717) is 5.75 Å². The van der Waals surface area contributed by atoms with Crippen LogP contribution in [0.2, 0.25) is 0 Å². The summed E-state index contributed by atoms with van der Waals surface area (Å²) in [6.07, 6.45) is 0.847. The highest BCUT2D eigenvalue weighted by Gasteiger charge is 2.38. The molecule has 0 fully saturated rings. The van der Waals surface area contributed by atoms with Crippen LogP contribution in [-0.4, -0.2) is 5.11 Å². The molecule has 0 aliphatic rings. The number of benzene rings is 4. The molecule has 1 nitrogen and oxygen atoms in total. The molecule has 5 rings (SSSR count). The maximum absolute atomic E-state index is 9.61. The summed E-state index contributed by atoms with van der Waals surface area (Å²) in [7, 11) is 0. The number of hydrogen-bond acceptors (Lipinski definition) is 2. The summed E-state index contributed by atoms with van der Waals surface area (Å²) in [6, 6.07) is 42.2. The van der Waals surface area contributed by atoms with Crippen LogP contribution in [0.3, 0.4) is 0 Å². The number of aromatic hydroxyl groups is 1. The third-order valence-corrected chi connectivity index (χ3v) is 6.96. The van der Waals surface area contributed by atoms with Gasteiger partial charge in [-0.25, -0.2) is 0 Å². The predicted molar refractivity (Wildman–Crippen MR) is 134 cm³/mol. The van der Waals surface area contributed by atoms with Crippen molar-refractivity contribution in [3.63, 3.8) is 0 Å². The van der Waals surface area contributed by atoms with Crippen LogP contribution in [0.15, 0.2) is 127 Å². The molecule has 0 aliphatic carbocycles. The van der Waals surface area contributed by atoms with Gasteiger partial charge in [-0.3, -0.25) is 0 Å². The Kier molecular flexibility index (Phi) is 5.62. The van der Waals surface area contributed by atoms with Gasteiger partial charge in [0, 0.05) is 11.3 Å². The second-order valence-electron chi connectivity index (χ2n) is 7.99. The summed E-state index contributed by atoms with van der Waals surface area (Å²) < 4.78 is 0. The van der Waals surface area contributed by atoms with Crippen molar-refractivity contribution in [2.75, 3.05) is 0 Å². The van der Waals surface area contributed by atoms with Gasteiger partial charge in [-0.15, -0.1) is 11.3 Å². The molecule has 5 aromatic rings. The smallest absolute Gasteiger partial charge is 0.115 e. The van der Waals surface area contributed by atoms with Crippen molar-refractivity contribution < 1.29 is 5.11 Å². The zero-order valence-electron chi connectivity index (χ0n) is 17.7. The molecule has 1 heterocycles. The molecule has 0 aliphatic heterocycles. The molecule has 0 bridgehead atoms. The Bertz CT molecular complexity index is 1180. The summed E-state index contributed by atoms with van der Waals surface area (Å²) in [6.45, 7) is 0. The Hall–Kier alpha value is -3.62. The molecule has 1 N–H and O–H groups in total. The molecule has 0 spiro atoms. The molecule has 1 aromatic heterocycles. The standard InChI is InChI=1S/C30H24OS/c31-28-18-16-23(17-19-28)20-29-21-27(22-32-29)30(24-10-4-1-5-11-24,25-12-6-2-7-13-25)26-14-8-3-9-15-26/h1-19,21-22,31H,20H2. The third kappa shape index (κ3) is 3.74. The molecular weight excluding hydrogens is 408 g/mol. The number of phenolic OH excluding ortho intramolecular Hbond substituents is 1. The Morgan fingerprint density at radius 3 is 1.50 bits per heavy atom. The van der Waals surface area contributed by atoms with Crippen LogP contribution in [0, 0.1) is 0 Å². The molecule has 32 heavy (non-hydrogen) atoms. The fraction of sp³-hybridized carbons (Fsp3) is 0.0667. The molecule has 0 radical (unpaired) electrons. The average molecular weight is 433 g/mol. The van der Waals surface area contributed by atoms with Crippen LogP contribution < -0.4 is 0 Å². The number of rotatable bonds is 6. The zero-order valence-corrected chi connectivity index (χ0v) is 18.5. The number of phenols is 1. The Morgan fingerprint density at radius 1 is 0.562 bits per heavy atom. The van der Waals surface area contributed by atoms with E-state index >= 15 is 0 Å². The average Bonchev–Trinajstić information content (AvgIpc) is 3.32. The van der Waals surface area contributed by atoms with Gasteiger partial charge in [0.15, 0.2) is 0 Å². The Morgan fingerprint density at radius 2 is 1.03 bits per heavy atom. The van der Waals surface area contributed by atoms with Crippen LogP contribution >= 0.6 is 11.3 Å². The van der Waals surface area contributed by atoms with Crippen molar-refractivity contribution in [2.45, 2.75) is 11.8 Å². The highest BCUT2D eigenvalue weighted by molar-refractivity contribution is 7.10. The fourth-order valence-corrected chi connectivity index (χ4v) is 5.52. The minimum atomic E-state index is -0.395. The quantitative estimate of drug-likeness (QED) is 0.277. The molecule has 0 saturated heterocycles. The minimum Gasteiger partial charge on any atom is -0.508 e. The first-order valence-electron chi connectivity index (χ1n) is 10.8. The second-order valence-corrected chi connectivity index (χ2v) is 8.99. The van der Waals surface area contributed by atoms with E-state index in [2.05, 4.69) is 102 Å². The van der Waals surface area contributed by atoms with Gasteiger partial charge < -0.3 is 5.11 Å². The van der Waals surface area contributed by atoms with Crippen LogP contribution in [0.1, 0.15) is 32.7 Å². The first-order valence-corrected chi connectivity index (χ1v) is 11.7. The highest BCUT2D eigenvalue weighted by atomic mass is 32.1. The Labute approximate surface area is 193 Å². The lowest BCUT2D eigenvalue weighted by Gasteiger charge is -2.36. The number of hydrogen-bond donors (Lipinski definition) is 1. The summed E-state index contributed by atoms with van der Waals surface area (Å²) in [4.78, 5) is 1.30. The largest absolute Gasteiger partial charge is 0.508 e. The van der Waals surface area contributed by atoms with Crippen molar-refractivity contribution >= 4 is 11.3 Å². The van der Waals surface area contributed by atoms with Crippen LogP contribution in [0.5, 0.6) is 5.75 Å². The van der Waals surface area contributed by atoms with Gasteiger partial charge in [0.1, 0.15) is 5.75 Å². The molecule has 0 amide bonds. The van der Waals surface area contributed by atoms with Crippen LogP contribution in [0.25, 0.3) is 0 Å². The van der Waals surface area contributed by atoms with Gasteiger partial charge in [-0.1, -0.05) is 103 Å². The van der Waals surface area contributed by atoms with Crippen LogP contribution in [0.4, 0.5) is 0 Å². The molecule has 156 valence electrons. The molecule has 2 heteroatoms. The summed E-state index contributed by atoms with van der Waals surface area (Å²) >= 11 is 1.80. The lowest BCUT2D eigenvalue weighted by Crippen LogP contribution is -2.30. The molecular formula is C30H24OS. The van der Waals surface area contributed by atoms with Gasteiger partial charge in [-0.2, -0.15) is 0 Å². The van der Waals surface area contributed by atoms with Crippen molar-refractivity contribution in [3.05, 3.63) is 159 Å². The van der Waals surface area contributed by atoms with Crippen molar-refractivity contribution in [3.8, 4) is 5.75 Å². The van der Waals surface area contributed by atoms with E-state index in [1.165, 1.54) is 32.7 Å². The lowest BCUT2D eigenvalue weighted by molar-refractivity contribution is 0.475. The normalized spacial score (nSPS) is 11.4.